The highest BCUT2D eigenvalue weighted by Crippen LogP contribution is 2.34. The molecule has 12 nitrogen and oxygen atoms in total. The summed E-state index contributed by atoms with van der Waals surface area (Å²) in [6.07, 6.45) is 1.15. The number of hydrogen-bond donors (Lipinski definition) is 1. The first-order valence-corrected chi connectivity index (χ1v) is 13.3. The van der Waals surface area contributed by atoms with Crippen molar-refractivity contribution in [3.63, 3.8) is 0 Å². The molecule has 202 valence electrons. The second-order valence-electron chi connectivity index (χ2n) is 8.07. The van der Waals surface area contributed by atoms with Gasteiger partial charge in [0.2, 0.25) is 21.8 Å². The quantitative estimate of drug-likeness (QED) is 0.303. The molecule has 0 radical (unpaired) electrons. The third kappa shape index (κ3) is 7.56. The molecular weight excluding hydrogens is 504 g/mol. The predicted octanol–water partition coefficient (Wildman–Crippen LogP) is 2.32. The molecule has 37 heavy (non-hydrogen) atoms. The van der Waals surface area contributed by atoms with Gasteiger partial charge in [0, 0.05) is 25.2 Å². The number of nitrogens with zero attached hydrogens (tertiary/aromatic N) is 3. The van der Waals surface area contributed by atoms with Gasteiger partial charge in [-0.3, -0.25) is 24.0 Å². The van der Waals surface area contributed by atoms with Crippen LogP contribution in [0.5, 0.6) is 11.5 Å². The summed E-state index contributed by atoms with van der Waals surface area (Å²) in [5, 5.41) is 14.1. The Morgan fingerprint density at radius 3 is 2.35 bits per heavy atom. The molecule has 2 aromatic rings. The Kier molecular flexibility index (Phi) is 10.2. The smallest absolute Gasteiger partial charge is 0.271 e. The fourth-order valence-electron chi connectivity index (χ4n) is 3.76. The van der Waals surface area contributed by atoms with Crippen LogP contribution in [0, 0.1) is 10.1 Å². The number of sulfonamides is 1. The average molecular weight is 537 g/mol. The zero-order chi connectivity index (χ0) is 27.8. The number of likely N-dealkylation sites (N-methyl/N-ethyl adjacent to an activating group) is 1. The number of nitrogens with one attached hydrogen (secondary N) is 1. The van der Waals surface area contributed by atoms with Crippen LogP contribution >= 0.6 is 0 Å². The second kappa shape index (κ2) is 12.9. The second-order valence-corrected chi connectivity index (χ2v) is 9.98. The van der Waals surface area contributed by atoms with Gasteiger partial charge in [-0.15, -0.1) is 0 Å². The lowest BCUT2D eigenvalue weighted by molar-refractivity contribution is -0.384. The highest BCUT2D eigenvalue weighted by molar-refractivity contribution is 7.92. The van der Waals surface area contributed by atoms with Gasteiger partial charge in [-0.05, 0) is 37.1 Å². The van der Waals surface area contributed by atoms with Crippen LogP contribution < -0.4 is 19.1 Å². The normalized spacial score (nSPS) is 11.8. The molecule has 0 aliphatic carbocycles. The van der Waals surface area contributed by atoms with Crippen LogP contribution in [0.25, 0.3) is 0 Å². The van der Waals surface area contributed by atoms with Crippen LogP contribution in [-0.4, -0.2) is 69.7 Å². The zero-order valence-electron chi connectivity index (χ0n) is 21.5. The van der Waals surface area contributed by atoms with Gasteiger partial charge in [-0.1, -0.05) is 19.1 Å². The number of ether oxygens (including phenoxy) is 2. The van der Waals surface area contributed by atoms with E-state index in [9.17, 15) is 28.1 Å². The van der Waals surface area contributed by atoms with Crippen LogP contribution in [0.4, 0.5) is 11.4 Å². The number of carbonyl (C=O) groups excluding carboxylic acids is 2. The van der Waals surface area contributed by atoms with E-state index in [1.807, 2.05) is 0 Å². The Hall–Kier alpha value is -3.87. The molecule has 13 heteroatoms. The van der Waals surface area contributed by atoms with E-state index >= 15 is 0 Å². The van der Waals surface area contributed by atoms with Crippen molar-refractivity contribution in [2.24, 2.45) is 0 Å². The van der Waals surface area contributed by atoms with Crippen molar-refractivity contribution in [3.8, 4) is 11.5 Å². The van der Waals surface area contributed by atoms with Crippen molar-refractivity contribution >= 4 is 33.2 Å². The van der Waals surface area contributed by atoms with Gasteiger partial charge in [0.1, 0.15) is 29.8 Å². The van der Waals surface area contributed by atoms with E-state index in [2.05, 4.69) is 5.32 Å². The van der Waals surface area contributed by atoms with E-state index in [0.29, 0.717) is 17.9 Å². The summed E-state index contributed by atoms with van der Waals surface area (Å²) >= 11 is 0. The van der Waals surface area contributed by atoms with Gasteiger partial charge in [-0.2, -0.15) is 0 Å². The van der Waals surface area contributed by atoms with Gasteiger partial charge >= 0.3 is 0 Å². The maximum absolute atomic E-state index is 13.7. The summed E-state index contributed by atoms with van der Waals surface area (Å²) in [6, 6.07) is 9.49. The number of nitro groups is 1. The Morgan fingerprint density at radius 2 is 1.81 bits per heavy atom. The topological polar surface area (TPSA) is 148 Å². The van der Waals surface area contributed by atoms with E-state index in [0.717, 1.165) is 16.6 Å². The molecule has 0 aliphatic heterocycles. The Balaban J connectivity index is 2.57. The highest BCUT2D eigenvalue weighted by Gasteiger charge is 2.33. The molecule has 2 aromatic carbocycles. The number of methoxy groups -OCH3 is 2. The van der Waals surface area contributed by atoms with Crippen molar-refractivity contribution in [2.75, 3.05) is 37.9 Å². The first-order chi connectivity index (χ1) is 17.5. The van der Waals surface area contributed by atoms with Crippen LogP contribution in [0.15, 0.2) is 42.5 Å². The third-order valence-corrected chi connectivity index (χ3v) is 6.67. The van der Waals surface area contributed by atoms with Crippen LogP contribution in [-0.2, 0) is 26.2 Å². The number of anilines is 1. The molecule has 0 fully saturated rings. The van der Waals surface area contributed by atoms with Gasteiger partial charge in [0.05, 0.1) is 25.4 Å². The fraction of sp³-hybridized carbons (Fsp3) is 0.417. The van der Waals surface area contributed by atoms with Crippen molar-refractivity contribution < 1.29 is 32.4 Å². The number of benzene rings is 2. The maximum Gasteiger partial charge on any atom is 0.271 e. The summed E-state index contributed by atoms with van der Waals surface area (Å²) in [7, 11) is -1.32. The molecule has 2 rings (SSSR count). The summed E-state index contributed by atoms with van der Waals surface area (Å²) in [6.45, 7) is 3.12. The van der Waals surface area contributed by atoms with E-state index in [1.165, 1.54) is 31.3 Å². The lowest BCUT2D eigenvalue weighted by atomic mass is 10.1. The number of amides is 2. The molecule has 0 spiro atoms. The molecule has 0 unspecified atom stereocenters. The van der Waals surface area contributed by atoms with Crippen LogP contribution in [0.1, 0.15) is 25.8 Å². The molecule has 0 aliphatic rings. The summed E-state index contributed by atoms with van der Waals surface area (Å²) in [4.78, 5) is 38.5. The van der Waals surface area contributed by atoms with Gasteiger partial charge in [-0.25, -0.2) is 8.42 Å². The zero-order valence-corrected chi connectivity index (χ0v) is 22.3. The first kappa shape index (κ1) is 29.4. The Morgan fingerprint density at radius 1 is 1.11 bits per heavy atom. The highest BCUT2D eigenvalue weighted by atomic mass is 32.2. The Labute approximate surface area is 216 Å². The monoisotopic (exact) mass is 536 g/mol. The molecule has 0 aromatic heterocycles. The van der Waals surface area contributed by atoms with Crippen molar-refractivity contribution in [3.05, 3.63) is 58.1 Å². The summed E-state index contributed by atoms with van der Waals surface area (Å²) in [5.74, 6) is -0.492. The van der Waals surface area contributed by atoms with Crippen molar-refractivity contribution in [1.29, 1.82) is 0 Å². The summed E-state index contributed by atoms with van der Waals surface area (Å²) in [5.41, 5.74) is 0.119. The number of hydrogen-bond acceptors (Lipinski definition) is 8. The fourth-order valence-corrected chi connectivity index (χ4v) is 4.61. The largest absolute Gasteiger partial charge is 0.497 e. The molecular formula is C24H32N4O8S. The van der Waals surface area contributed by atoms with Crippen molar-refractivity contribution in [2.45, 2.75) is 32.9 Å². The maximum atomic E-state index is 13.7. The summed E-state index contributed by atoms with van der Waals surface area (Å²) < 4.78 is 36.8. The molecule has 1 N–H and O–H groups in total. The van der Waals surface area contributed by atoms with E-state index in [-0.39, 0.29) is 36.0 Å². The Bertz CT molecular complexity index is 1240. The number of rotatable bonds is 13. The number of non-ortho nitro benzene ring substituents is 1. The minimum atomic E-state index is -4.11. The molecule has 0 saturated heterocycles. The lowest BCUT2D eigenvalue weighted by Crippen LogP contribution is -2.52. The molecule has 0 saturated carbocycles. The van der Waals surface area contributed by atoms with Gasteiger partial charge in [0.25, 0.3) is 5.69 Å². The average Bonchev–Trinajstić information content (AvgIpc) is 2.86. The SMILES string of the molecule is CCNC(=O)[C@H](CC)N(Cc1cccc(OC)c1)C(=O)CN(c1cc([N+](=O)[O-])ccc1OC)S(C)(=O)=O. The molecule has 2 amide bonds. The minimum Gasteiger partial charge on any atom is -0.497 e. The third-order valence-electron chi connectivity index (χ3n) is 5.55. The van der Waals surface area contributed by atoms with Crippen molar-refractivity contribution in [1.82, 2.24) is 10.2 Å². The lowest BCUT2D eigenvalue weighted by Gasteiger charge is -2.33. The first-order valence-electron chi connectivity index (χ1n) is 11.5. The van der Waals surface area contributed by atoms with E-state index in [4.69, 9.17) is 9.47 Å². The standard InChI is InChI=1S/C24H32N4O8S/c1-6-20(24(30)25-7-2)26(15-17-9-8-10-19(13-17)35-3)23(29)16-27(37(5,33)34)21-14-18(28(31)32)11-12-22(21)36-4/h8-14,20H,6-7,15-16H2,1-5H3,(H,25,30)/t20-/m0/s1. The number of nitro benzene ring substituents is 1. The van der Waals surface area contributed by atoms with Crippen LogP contribution in [0.2, 0.25) is 0 Å². The van der Waals surface area contributed by atoms with Gasteiger partial charge in [0.15, 0.2) is 0 Å². The van der Waals surface area contributed by atoms with E-state index in [1.54, 1.807) is 38.1 Å². The number of carbonyl (C=O) groups is 2. The minimum absolute atomic E-state index is 0.00461. The molecule has 1 atom stereocenters. The van der Waals surface area contributed by atoms with E-state index < -0.39 is 33.4 Å². The van der Waals surface area contributed by atoms with Crippen LogP contribution in [0.3, 0.4) is 0 Å². The molecule has 0 bridgehead atoms. The predicted molar refractivity (Wildman–Crippen MR) is 138 cm³/mol. The van der Waals surface area contributed by atoms with Gasteiger partial charge < -0.3 is 19.7 Å². The molecule has 0 heterocycles.